The normalized spacial score (nSPS) is 11.8. The summed E-state index contributed by atoms with van der Waals surface area (Å²) < 4.78 is 33.7. The van der Waals surface area contributed by atoms with E-state index in [0.29, 0.717) is 6.54 Å². The molecule has 0 spiro atoms. The maximum absolute atomic E-state index is 12.2. The number of ether oxygens (including phenoxy) is 2. The molecule has 0 heterocycles. The van der Waals surface area contributed by atoms with Gasteiger partial charge in [0.05, 0.1) is 7.11 Å². The van der Waals surface area contributed by atoms with Crippen molar-refractivity contribution in [1.29, 1.82) is 0 Å². The molecule has 0 fully saturated rings. The molecule has 94 valence electrons. The second-order valence-electron chi connectivity index (χ2n) is 3.48. The first-order valence-electron chi connectivity index (χ1n) is 5.07. The van der Waals surface area contributed by atoms with Crippen molar-refractivity contribution in [1.82, 2.24) is 0 Å². The average Bonchev–Trinajstić information content (AvgIpc) is 2.28. The van der Waals surface area contributed by atoms with Gasteiger partial charge < -0.3 is 15.2 Å². The molecule has 0 unspecified atom stereocenters. The van der Waals surface area contributed by atoms with Crippen molar-refractivity contribution in [3.63, 3.8) is 0 Å². The summed E-state index contributed by atoms with van der Waals surface area (Å²) >= 11 is 0. The van der Waals surface area contributed by atoms with Gasteiger partial charge in [-0.25, -0.2) is 0 Å². The number of hydrogen-bond acceptors (Lipinski definition) is 3. The Labute approximate surface area is 98.8 Å². The summed E-state index contributed by atoms with van der Waals surface area (Å²) in [5.74, 6) is 0.286. The van der Waals surface area contributed by atoms with Crippen LogP contribution in [0.4, 0.5) is 8.78 Å². The molecule has 17 heavy (non-hydrogen) atoms. The molecule has 0 radical (unpaired) electrons. The first-order valence-corrected chi connectivity index (χ1v) is 5.07. The van der Waals surface area contributed by atoms with Gasteiger partial charge in [0.25, 0.3) is 0 Å². The Bertz CT molecular complexity index is 405. The predicted octanol–water partition coefficient (Wildman–Crippen LogP) is 2.66. The molecule has 2 N–H and O–H groups in total. The van der Waals surface area contributed by atoms with Gasteiger partial charge in [0.15, 0.2) is 11.5 Å². The molecule has 0 amide bonds. The van der Waals surface area contributed by atoms with Crippen LogP contribution >= 0.6 is 0 Å². The van der Waals surface area contributed by atoms with E-state index in [9.17, 15) is 8.78 Å². The van der Waals surface area contributed by atoms with Crippen molar-refractivity contribution in [3.8, 4) is 11.5 Å². The van der Waals surface area contributed by atoms with Crippen molar-refractivity contribution < 1.29 is 18.3 Å². The highest BCUT2D eigenvalue weighted by Crippen LogP contribution is 2.30. The Kier molecular flexibility index (Phi) is 4.90. The van der Waals surface area contributed by atoms with E-state index in [4.69, 9.17) is 10.5 Å². The summed E-state index contributed by atoms with van der Waals surface area (Å²) in [5, 5.41) is 0. The summed E-state index contributed by atoms with van der Waals surface area (Å²) in [4.78, 5) is 0. The fourth-order valence-corrected chi connectivity index (χ4v) is 1.31. The number of rotatable bonds is 5. The van der Waals surface area contributed by atoms with Gasteiger partial charge in [-0.2, -0.15) is 8.78 Å². The Balaban J connectivity index is 3.04. The summed E-state index contributed by atoms with van der Waals surface area (Å²) in [6.45, 7) is -0.603. The minimum Gasteiger partial charge on any atom is -0.493 e. The van der Waals surface area contributed by atoms with Gasteiger partial charge in [0.1, 0.15) is 0 Å². The number of benzene rings is 1. The molecule has 1 rings (SSSR count). The van der Waals surface area contributed by atoms with Crippen LogP contribution < -0.4 is 15.2 Å². The quantitative estimate of drug-likeness (QED) is 0.864. The van der Waals surface area contributed by atoms with E-state index >= 15 is 0 Å². The second kappa shape index (κ2) is 6.20. The molecular formula is C12H15F2NO2. The highest BCUT2D eigenvalue weighted by atomic mass is 19.3. The van der Waals surface area contributed by atoms with Gasteiger partial charge in [0.2, 0.25) is 0 Å². The molecule has 1 aromatic rings. The number of hydrogen-bond donors (Lipinski definition) is 1. The summed E-state index contributed by atoms with van der Waals surface area (Å²) in [7, 11) is 1.40. The molecule has 0 saturated carbocycles. The van der Waals surface area contributed by atoms with Crippen LogP contribution in [0.2, 0.25) is 0 Å². The monoisotopic (exact) mass is 243 g/mol. The van der Waals surface area contributed by atoms with Crippen LogP contribution in [0.15, 0.2) is 23.8 Å². The fourth-order valence-electron chi connectivity index (χ4n) is 1.31. The largest absolute Gasteiger partial charge is 0.493 e. The van der Waals surface area contributed by atoms with E-state index in [1.807, 2.05) is 6.92 Å². The lowest BCUT2D eigenvalue weighted by atomic mass is 10.1. The average molecular weight is 243 g/mol. The molecule has 3 nitrogen and oxygen atoms in total. The molecule has 0 bridgehead atoms. The molecule has 1 aromatic carbocycles. The highest BCUT2D eigenvalue weighted by molar-refractivity contribution is 5.58. The van der Waals surface area contributed by atoms with E-state index in [2.05, 4.69) is 4.74 Å². The highest BCUT2D eigenvalue weighted by Gasteiger charge is 2.10. The molecule has 0 atom stereocenters. The third kappa shape index (κ3) is 4.03. The van der Waals surface area contributed by atoms with Crippen LogP contribution in [0.1, 0.15) is 12.5 Å². The van der Waals surface area contributed by atoms with Crippen LogP contribution in [0.5, 0.6) is 11.5 Å². The summed E-state index contributed by atoms with van der Waals surface area (Å²) in [5.41, 5.74) is 7.13. The molecular weight excluding hydrogens is 228 g/mol. The number of nitrogens with two attached hydrogens (primary N) is 1. The maximum Gasteiger partial charge on any atom is 0.387 e. The smallest absolute Gasteiger partial charge is 0.387 e. The van der Waals surface area contributed by atoms with Gasteiger partial charge in [-0.15, -0.1) is 0 Å². The first-order chi connectivity index (χ1) is 8.06. The lowest BCUT2D eigenvalue weighted by Crippen LogP contribution is -2.04. The van der Waals surface area contributed by atoms with Crippen LogP contribution in [0.25, 0.3) is 6.08 Å². The number of methoxy groups -OCH3 is 1. The van der Waals surface area contributed by atoms with Crippen molar-refractivity contribution in [3.05, 3.63) is 29.3 Å². The Morgan fingerprint density at radius 2 is 2.12 bits per heavy atom. The van der Waals surface area contributed by atoms with E-state index in [0.717, 1.165) is 11.1 Å². The SMILES string of the molecule is COc1ccc(C=C(C)CN)cc1OC(F)F. The van der Waals surface area contributed by atoms with E-state index in [1.54, 1.807) is 18.2 Å². The molecule has 0 saturated heterocycles. The molecule has 0 aliphatic heterocycles. The second-order valence-corrected chi connectivity index (χ2v) is 3.48. The fraction of sp³-hybridized carbons (Fsp3) is 0.333. The minimum absolute atomic E-state index is 0.0149. The van der Waals surface area contributed by atoms with E-state index in [1.165, 1.54) is 13.2 Å². The van der Waals surface area contributed by atoms with Crippen LogP contribution in [-0.4, -0.2) is 20.3 Å². The van der Waals surface area contributed by atoms with E-state index in [-0.39, 0.29) is 11.5 Å². The third-order valence-corrected chi connectivity index (χ3v) is 2.14. The number of halogens is 2. The molecule has 0 aliphatic rings. The van der Waals surface area contributed by atoms with Gasteiger partial charge in [-0.3, -0.25) is 0 Å². The Morgan fingerprint density at radius 1 is 1.41 bits per heavy atom. The topological polar surface area (TPSA) is 44.5 Å². The van der Waals surface area contributed by atoms with Crippen LogP contribution in [0.3, 0.4) is 0 Å². The van der Waals surface area contributed by atoms with Gasteiger partial charge in [-0.1, -0.05) is 17.7 Å². The zero-order chi connectivity index (χ0) is 12.8. The van der Waals surface area contributed by atoms with Crippen molar-refractivity contribution in [2.75, 3.05) is 13.7 Å². The van der Waals surface area contributed by atoms with Gasteiger partial charge in [0, 0.05) is 6.54 Å². The van der Waals surface area contributed by atoms with Crippen molar-refractivity contribution >= 4 is 6.08 Å². The third-order valence-electron chi connectivity index (χ3n) is 2.14. The lowest BCUT2D eigenvalue weighted by Gasteiger charge is -2.10. The standard InChI is InChI=1S/C12H15F2NO2/c1-8(7-15)5-9-3-4-10(16-2)11(6-9)17-12(13)14/h3-6,12H,7,15H2,1-2H3. The maximum atomic E-state index is 12.2. The minimum atomic E-state index is -2.88. The van der Waals surface area contributed by atoms with Crippen molar-refractivity contribution in [2.24, 2.45) is 5.73 Å². The predicted molar refractivity (Wildman–Crippen MR) is 62.3 cm³/mol. The number of alkyl halides is 2. The van der Waals surface area contributed by atoms with E-state index < -0.39 is 6.61 Å². The molecule has 0 aliphatic carbocycles. The zero-order valence-electron chi connectivity index (χ0n) is 9.74. The van der Waals surface area contributed by atoms with Gasteiger partial charge in [-0.05, 0) is 24.6 Å². The Hall–Kier alpha value is -1.62. The van der Waals surface area contributed by atoms with Crippen LogP contribution in [0, 0.1) is 0 Å². The lowest BCUT2D eigenvalue weighted by molar-refractivity contribution is -0.0512. The van der Waals surface area contributed by atoms with Gasteiger partial charge >= 0.3 is 6.61 Å². The summed E-state index contributed by atoms with van der Waals surface area (Å²) in [6, 6.07) is 4.81. The first kappa shape index (κ1) is 13.4. The van der Waals surface area contributed by atoms with Crippen LogP contribution in [-0.2, 0) is 0 Å². The van der Waals surface area contributed by atoms with Crippen molar-refractivity contribution in [2.45, 2.75) is 13.5 Å². The Morgan fingerprint density at radius 3 is 2.65 bits per heavy atom. The molecule has 0 aromatic heterocycles. The summed E-state index contributed by atoms with van der Waals surface area (Å²) in [6.07, 6.45) is 1.80. The zero-order valence-corrected chi connectivity index (χ0v) is 9.74. The molecule has 5 heteroatoms.